The van der Waals surface area contributed by atoms with Gasteiger partial charge in [-0.15, -0.1) is 0 Å². The second kappa shape index (κ2) is 4.91. The van der Waals surface area contributed by atoms with Crippen molar-refractivity contribution in [2.75, 3.05) is 26.4 Å². The normalized spacial score (nSPS) is 40.2. The van der Waals surface area contributed by atoms with Crippen LogP contribution in [-0.4, -0.2) is 54.6 Å². The molecule has 21 heavy (non-hydrogen) atoms. The first-order chi connectivity index (χ1) is 9.87. The largest absolute Gasteiger partial charge is 0.394 e. The predicted molar refractivity (Wildman–Crippen MR) is 76.6 cm³/mol. The number of hydrogen-bond donors (Lipinski definition) is 3. The second-order valence-corrected chi connectivity index (χ2v) is 7.28. The van der Waals surface area contributed by atoms with E-state index in [-0.39, 0.29) is 30.0 Å². The minimum Gasteiger partial charge on any atom is -0.394 e. The number of ether oxygens (including phenoxy) is 2. The van der Waals surface area contributed by atoms with Crippen molar-refractivity contribution in [3.05, 3.63) is 0 Å². The Balaban J connectivity index is 1.78. The van der Waals surface area contributed by atoms with Gasteiger partial charge in [-0.05, 0) is 19.3 Å². The molecule has 1 amide bonds. The molecule has 0 aromatic rings. The van der Waals surface area contributed by atoms with Gasteiger partial charge in [-0.1, -0.05) is 13.8 Å². The molecular weight excluding hydrogens is 272 g/mol. The lowest BCUT2D eigenvalue weighted by Crippen LogP contribution is -2.81. The number of aliphatic hydroxyl groups excluding tert-OH is 1. The van der Waals surface area contributed by atoms with Crippen molar-refractivity contribution < 1.29 is 19.4 Å². The Morgan fingerprint density at radius 2 is 2.00 bits per heavy atom. The molecule has 0 aromatic heterocycles. The third-order valence-electron chi connectivity index (χ3n) is 5.96. The van der Waals surface area contributed by atoms with Gasteiger partial charge in [0.1, 0.15) is 5.54 Å². The van der Waals surface area contributed by atoms with E-state index in [1.165, 1.54) is 0 Å². The summed E-state index contributed by atoms with van der Waals surface area (Å²) in [5.74, 6) is -0.0849. The van der Waals surface area contributed by atoms with Crippen LogP contribution in [0.1, 0.15) is 33.1 Å². The number of fused-ring (bicyclic) bond motifs is 1. The van der Waals surface area contributed by atoms with Gasteiger partial charge in [0.2, 0.25) is 5.91 Å². The Bertz CT molecular complexity index is 433. The number of rotatable bonds is 3. The summed E-state index contributed by atoms with van der Waals surface area (Å²) in [6.45, 7) is 5.68. The minimum atomic E-state index is -0.922. The van der Waals surface area contributed by atoms with Crippen molar-refractivity contribution in [3.63, 3.8) is 0 Å². The highest BCUT2D eigenvalue weighted by Crippen LogP contribution is 2.58. The van der Waals surface area contributed by atoms with Crippen LogP contribution in [0.2, 0.25) is 0 Å². The first kappa shape index (κ1) is 15.2. The first-order valence-corrected chi connectivity index (χ1v) is 7.79. The zero-order chi connectivity index (χ0) is 15.3. The molecule has 120 valence electrons. The average molecular weight is 298 g/mol. The summed E-state index contributed by atoms with van der Waals surface area (Å²) in [5, 5.41) is 12.8. The molecule has 3 atom stereocenters. The maximum absolute atomic E-state index is 12.9. The number of aliphatic hydroxyl groups is 1. The molecule has 3 aliphatic rings. The lowest BCUT2D eigenvalue weighted by atomic mass is 9.47. The number of carbonyl (C=O) groups excluding carboxylic acids is 1. The van der Waals surface area contributed by atoms with Gasteiger partial charge in [0.25, 0.3) is 0 Å². The van der Waals surface area contributed by atoms with Crippen LogP contribution in [0.4, 0.5) is 0 Å². The Kier molecular flexibility index (Phi) is 3.56. The molecule has 2 saturated heterocycles. The van der Waals surface area contributed by atoms with Crippen LogP contribution in [-0.2, 0) is 14.3 Å². The van der Waals surface area contributed by atoms with Gasteiger partial charge in [0, 0.05) is 31.2 Å². The molecule has 4 N–H and O–H groups in total. The predicted octanol–water partition coefficient (Wildman–Crippen LogP) is -0.213. The van der Waals surface area contributed by atoms with Crippen molar-refractivity contribution in [2.45, 2.75) is 50.3 Å². The van der Waals surface area contributed by atoms with Crippen molar-refractivity contribution in [1.82, 2.24) is 5.32 Å². The van der Waals surface area contributed by atoms with E-state index in [1.54, 1.807) is 0 Å². The molecule has 3 unspecified atom stereocenters. The van der Waals surface area contributed by atoms with Crippen LogP contribution in [0.25, 0.3) is 0 Å². The SMILES string of the molecule is CC1(C)C2OCCC2C1(N)C(=O)NC1(CO)CCOCC1. The Morgan fingerprint density at radius 1 is 1.33 bits per heavy atom. The van der Waals surface area contributed by atoms with E-state index in [2.05, 4.69) is 5.32 Å². The summed E-state index contributed by atoms with van der Waals surface area (Å²) >= 11 is 0. The lowest BCUT2D eigenvalue weighted by Gasteiger charge is -2.61. The van der Waals surface area contributed by atoms with Gasteiger partial charge >= 0.3 is 0 Å². The molecule has 1 saturated carbocycles. The summed E-state index contributed by atoms with van der Waals surface area (Å²) in [6, 6.07) is 0. The Morgan fingerprint density at radius 3 is 2.62 bits per heavy atom. The van der Waals surface area contributed by atoms with E-state index in [9.17, 15) is 9.90 Å². The summed E-state index contributed by atoms with van der Waals surface area (Å²) in [4.78, 5) is 12.9. The van der Waals surface area contributed by atoms with Crippen molar-refractivity contribution in [1.29, 1.82) is 0 Å². The average Bonchev–Trinajstić information content (AvgIpc) is 2.95. The van der Waals surface area contributed by atoms with Gasteiger partial charge in [-0.25, -0.2) is 0 Å². The molecule has 2 aliphatic heterocycles. The molecule has 0 bridgehead atoms. The maximum Gasteiger partial charge on any atom is 0.241 e. The monoisotopic (exact) mass is 298 g/mol. The van der Waals surface area contributed by atoms with Gasteiger partial charge in [-0.3, -0.25) is 4.79 Å². The van der Waals surface area contributed by atoms with E-state index in [0.29, 0.717) is 32.7 Å². The van der Waals surface area contributed by atoms with E-state index in [4.69, 9.17) is 15.2 Å². The fourth-order valence-electron chi connectivity index (χ4n) is 4.27. The van der Waals surface area contributed by atoms with Gasteiger partial charge in [0.15, 0.2) is 0 Å². The standard InChI is InChI=1S/C15H26N2O4/c1-13(2)11-10(3-6-21-11)15(13,16)12(19)17-14(9-18)4-7-20-8-5-14/h10-11,18H,3-9,16H2,1-2H3,(H,17,19). The van der Waals surface area contributed by atoms with E-state index in [1.807, 2.05) is 13.8 Å². The van der Waals surface area contributed by atoms with Gasteiger partial charge in [-0.2, -0.15) is 0 Å². The molecule has 6 heteroatoms. The van der Waals surface area contributed by atoms with E-state index in [0.717, 1.165) is 6.42 Å². The molecule has 6 nitrogen and oxygen atoms in total. The maximum atomic E-state index is 12.9. The minimum absolute atomic E-state index is 0.0630. The molecule has 2 heterocycles. The van der Waals surface area contributed by atoms with Gasteiger partial charge < -0.3 is 25.6 Å². The number of nitrogens with two attached hydrogens (primary N) is 1. The number of hydrogen-bond acceptors (Lipinski definition) is 5. The highest BCUT2D eigenvalue weighted by Gasteiger charge is 2.71. The smallest absolute Gasteiger partial charge is 0.241 e. The van der Waals surface area contributed by atoms with E-state index >= 15 is 0 Å². The van der Waals surface area contributed by atoms with Crippen molar-refractivity contribution in [3.8, 4) is 0 Å². The number of carbonyl (C=O) groups is 1. The van der Waals surface area contributed by atoms with E-state index < -0.39 is 11.1 Å². The van der Waals surface area contributed by atoms with Crippen molar-refractivity contribution >= 4 is 5.91 Å². The molecule has 1 aliphatic carbocycles. The second-order valence-electron chi connectivity index (χ2n) is 7.28. The number of amides is 1. The topological polar surface area (TPSA) is 93.8 Å². The summed E-state index contributed by atoms with van der Waals surface area (Å²) < 4.78 is 11.1. The quantitative estimate of drug-likeness (QED) is 0.670. The molecule has 0 radical (unpaired) electrons. The van der Waals surface area contributed by atoms with Crippen molar-refractivity contribution in [2.24, 2.45) is 17.1 Å². The zero-order valence-electron chi connectivity index (χ0n) is 12.9. The molecule has 3 rings (SSSR count). The highest BCUT2D eigenvalue weighted by atomic mass is 16.5. The van der Waals surface area contributed by atoms with Crippen LogP contribution in [0.5, 0.6) is 0 Å². The zero-order valence-corrected chi connectivity index (χ0v) is 12.9. The van der Waals surface area contributed by atoms with Crippen LogP contribution in [0, 0.1) is 11.3 Å². The highest BCUT2D eigenvalue weighted by molar-refractivity contribution is 5.90. The van der Waals surface area contributed by atoms with Gasteiger partial charge in [0.05, 0.1) is 18.2 Å². The van der Waals surface area contributed by atoms with Crippen LogP contribution in [0.3, 0.4) is 0 Å². The molecule has 0 aromatic carbocycles. The molecule has 0 spiro atoms. The third-order valence-corrected chi connectivity index (χ3v) is 5.96. The van der Waals surface area contributed by atoms with Crippen LogP contribution < -0.4 is 11.1 Å². The lowest BCUT2D eigenvalue weighted by molar-refractivity contribution is -0.178. The fourth-order valence-corrected chi connectivity index (χ4v) is 4.27. The number of nitrogens with one attached hydrogen (secondary N) is 1. The van der Waals surface area contributed by atoms with Crippen LogP contribution in [0.15, 0.2) is 0 Å². The Hall–Kier alpha value is -0.690. The summed E-state index contributed by atoms with van der Waals surface area (Å²) in [7, 11) is 0. The molecular formula is C15H26N2O4. The summed E-state index contributed by atoms with van der Waals surface area (Å²) in [6.07, 6.45) is 2.13. The fraction of sp³-hybridized carbons (Fsp3) is 0.933. The van der Waals surface area contributed by atoms with Crippen LogP contribution >= 0.6 is 0 Å². The third kappa shape index (κ3) is 1.96. The Labute approximate surface area is 125 Å². The molecule has 3 fully saturated rings. The summed E-state index contributed by atoms with van der Waals surface area (Å²) in [5.41, 5.74) is 4.63. The first-order valence-electron chi connectivity index (χ1n) is 7.79.